The summed E-state index contributed by atoms with van der Waals surface area (Å²) in [4.78, 5) is 30.5. The molecule has 2 heterocycles. The molecular weight excluding hydrogens is 254 g/mol. The molecule has 2 saturated heterocycles. The zero-order chi connectivity index (χ0) is 15.0. The van der Waals surface area contributed by atoms with E-state index in [1.807, 2.05) is 44.5 Å². The van der Waals surface area contributed by atoms with E-state index in [4.69, 9.17) is 0 Å². The van der Waals surface area contributed by atoms with E-state index in [0.29, 0.717) is 13.1 Å². The predicted octanol–water partition coefficient (Wildman–Crippen LogP) is 1.78. The molecule has 0 aromatic rings. The van der Waals surface area contributed by atoms with Gasteiger partial charge in [0.2, 0.25) is 5.91 Å². The van der Waals surface area contributed by atoms with Crippen LogP contribution < -0.4 is 0 Å². The third kappa shape index (κ3) is 2.63. The van der Waals surface area contributed by atoms with Gasteiger partial charge in [0.15, 0.2) is 0 Å². The van der Waals surface area contributed by atoms with E-state index in [1.54, 1.807) is 4.90 Å². The zero-order valence-corrected chi connectivity index (χ0v) is 13.3. The Morgan fingerprint density at radius 2 is 1.55 bits per heavy atom. The lowest BCUT2D eigenvalue weighted by Crippen LogP contribution is -2.60. The highest BCUT2D eigenvalue weighted by Crippen LogP contribution is 2.31. The minimum atomic E-state index is 0.0370. The van der Waals surface area contributed by atoms with Crippen LogP contribution in [0.1, 0.15) is 40.5 Å². The van der Waals surface area contributed by atoms with E-state index in [1.165, 1.54) is 0 Å². The zero-order valence-electron chi connectivity index (χ0n) is 13.3. The molecule has 2 rings (SSSR count). The number of piperazine rings is 1. The van der Waals surface area contributed by atoms with Crippen molar-refractivity contribution in [1.29, 1.82) is 0 Å². The molecule has 3 amide bonds. The maximum Gasteiger partial charge on any atom is 0.320 e. The van der Waals surface area contributed by atoms with Gasteiger partial charge in [0.1, 0.15) is 0 Å². The Kier molecular flexibility index (Phi) is 4.25. The number of hydrogen-bond acceptors (Lipinski definition) is 2. The molecule has 2 atom stereocenters. The standard InChI is InChI=1S/C15H27N3O2/c1-10(2)14(19)17-8-12-6-7-13(9-17)18(12)15(20)16(5)11(3)4/h10-13H,6-9H2,1-5H3. The topological polar surface area (TPSA) is 43.9 Å². The first-order valence-electron chi connectivity index (χ1n) is 7.66. The first-order valence-corrected chi connectivity index (χ1v) is 7.66. The lowest BCUT2D eigenvalue weighted by Gasteiger charge is -2.43. The van der Waals surface area contributed by atoms with Gasteiger partial charge in [-0.2, -0.15) is 0 Å². The van der Waals surface area contributed by atoms with E-state index >= 15 is 0 Å². The summed E-state index contributed by atoms with van der Waals surface area (Å²) in [5, 5.41) is 0. The molecule has 5 nitrogen and oxygen atoms in total. The van der Waals surface area contributed by atoms with E-state index in [-0.39, 0.29) is 36.0 Å². The van der Waals surface area contributed by atoms with Gasteiger partial charge in [-0.1, -0.05) is 13.8 Å². The van der Waals surface area contributed by atoms with Crippen LogP contribution in [0.15, 0.2) is 0 Å². The molecule has 2 fully saturated rings. The van der Waals surface area contributed by atoms with Gasteiger partial charge in [0.05, 0.1) is 12.1 Å². The van der Waals surface area contributed by atoms with Crippen LogP contribution in [-0.4, -0.2) is 64.9 Å². The molecule has 2 bridgehead atoms. The number of rotatable bonds is 2. The number of amides is 3. The van der Waals surface area contributed by atoms with Gasteiger partial charge < -0.3 is 14.7 Å². The number of fused-ring (bicyclic) bond motifs is 2. The Morgan fingerprint density at radius 3 is 1.95 bits per heavy atom. The quantitative estimate of drug-likeness (QED) is 0.774. The third-order valence-electron chi connectivity index (χ3n) is 4.58. The van der Waals surface area contributed by atoms with Crippen LogP contribution in [0.2, 0.25) is 0 Å². The van der Waals surface area contributed by atoms with Crippen molar-refractivity contribution >= 4 is 11.9 Å². The molecule has 0 aliphatic carbocycles. The average molecular weight is 281 g/mol. The van der Waals surface area contributed by atoms with Gasteiger partial charge >= 0.3 is 6.03 Å². The summed E-state index contributed by atoms with van der Waals surface area (Å²) >= 11 is 0. The third-order valence-corrected chi connectivity index (χ3v) is 4.58. The van der Waals surface area contributed by atoms with Crippen molar-refractivity contribution in [2.45, 2.75) is 58.7 Å². The van der Waals surface area contributed by atoms with E-state index in [0.717, 1.165) is 12.8 Å². The second-order valence-electron chi connectivity index (χ2n) is 6.68. The van der Waals surface area contributed by atoms with Crippen LogP contribution in [0.4, 0.5) is 4.79 Å². The van der Waals surface area contributed by atoms with Crippen LogP contribution in [0.25, 0.3) is 0 Å². The van der Waals surface area contributed by atoms with Crippen molar-refractivity contribution in [2.75, 3.05) is 20.1 Å². The highest BCUT2D eigenvalue weighted by molar-refractivity contribution is 5.80. The molecule has 5 heteroatoms. The van der Waals surface area contributed by atoms with E-state index < -0.39 is 0 Å². The normalized spacial score (nSPS) is 25.6. The number of carbonyl (C=O) groups is 2. The van der Waals surface area contributed by atoms with Gasteiger partial charge in [0.25, 0.3) is 0 Å². The molecule has 2 aliphatic heterocycles. The lowest BCUT2D eigenvalue weighted by molar-refractivity contribution is -0.137. The predicted molar refractivity (Wildman–Crippen MR) is 78.4 cm³/mol. The molecule has 114 valence electrons. The molecule has 0 aromatic heterocycles. The van der Waals surface area contributed by atoms with E-state index in [9.17, 15) is 9.59 Å². The average Bonchev–Trinajstić information content (AvgIpc) is 2.66. The molecule has 2 unspecified atom stereocenters. The minimum absolute atomic E-state index is 0.0370. The fraction of sp³-hybridized carbons (Fsp3) is 0.867. The summed E-state index contributed by atoms with van der Waals surface area (Å²) in [6.45, 7) is 9.33. The summed E-state index contributed by atoms with van der Waals surface area (Å²) in [5.74, 6) is 0.251. The van der Waals surface area contributed by atoms with Crippen molar-refractivity contribution in [3.8, 4) is 0 Å². The molecule has 0 radical (unpaired) electrons. The van der Waals surface area contributed by atoms with Crippen molar-refractivity contribution in [3.05, 3.63) is 0 Å². The Labute approximate surface area is 121 Å². The van der Waals surface area contributed by atoms with Crippen molar-refractivity contribution in [1.82, 2.24) is 14.7 Å². The second-order valence-corrected chi connectivity index (χ2v) is 6.68. The van der Waals surface area contributed by atoms with Crippen LogP contribution in [0, 0.1) is 5.92 Å². The van der Waals surface area contributed by atoms with Gasteiger partial charge in [-0.15, -0.1) is 0 Å². The van der Waals surface area contributed by atoms with Crippen LogP contribution in [0.5, 0.6) is 0 Å². The summed E-state index contributed by atoms with van der Waals surface area (Å²) in [6.07, 6.45) is 2.04. The molecule has 0 saturated carbocycles. The Balaban J connectivity index is 2.07. The van der Waals surface area contributed by atoms with Gasteiger partial charge in [-0.3, -0.25) is 4.79 Å². The number of urea groups is 1. The van der Waals surface area contributed by atoms with Gasteiger partial charge in [0, 0.05) is 32.1 Å². The summed E-state index contributed by atoms with van der Waals surface area (Å²) < 4.78 is 0. The number of nitrogens with zero attached hydrogens (tertiary/aromatic N) is 3. The maximum atomic E-state index is 12.6. The number of likely N-dealkylation sites (tertiary alicyclic amines) is 1. The summed E-state index contributed by atoms with van der Waals surface area (Å²) in [7, 11) is 1.86. The first-order chi connectivity index (χ1) is 9.32. The number of hydrogen-bond donors (Lipinski definition) is 0. The SMILES string of the molecule is CC(C)C(=O)N1CC2CCC(C1)N2C(=O)N(C)C(C)C. The number of carbonyl (C=O) groups excluding carboxylic acids is 2. The molecule has 0 aromatic carbocycles. The fourth-order valence-corrected chi connectivity index (χ4v) is 3.16. The lowest BCUT2D eigenvalue weighted by atomic mass is 10.1. The summed E-state index contributed by atoms with van der Waals surface area (Å²) in [6, 6.07) is 0.719. The minimum Gasteiger partial charge on any atom is -0.338 e. The monoisotopic (exact) mass is 281 g/mol. The molecule has 0 N–H and O–H groups in total. The van der Waals surface area contributed by atoms with Crippen molar-refractivity contribution in [3.63, 3.8) is 0 Å². The van der Waals surface area contributed by atoms with Gasteiger partial charge in [-0.05, 0) is 26.7 Å². The maximum absolute atomic E-state index is 12.6. The van der Waals surface area contributed by atoms with Crippen molar-refractivity contribution in [2.24, 2.45) is 5.92 Å². The smallest absolute Gasteiger partial charge is 0.320 e. The molecule has 2 aliphatic rings. The highest BCUT2D eigenvalue weighted by Gasteiger charge is 2.45. The molecule has 20 heavy (non-hydrogen) atoms. The van der Waals surface area contributed by atoms with Crippen molar-refractivity contribution < 1.29 is 9.59 Å². The fourth-order valence-electron chi connectivity index (χ4n) is 3.16. The van der Waals surface area contributed by atoms with Crippen LogP contribution >= 0.6 is 0 Å². The highest BCUT2D eigenvalue weighted by atomic mass is 16.2. The molecular formula is C15H27N3O2. The Morgan fingerprint density at radius 1 is 1.05 bits per heavy atom. The van der Waals surface area contributed by atoms with Gasteiger partial charge in [-0.25, -0.2) is 4.79 Å². The Bertz CT molecular complexity index is 381. The largest absolute Gasteiger partial charge is 0.338 e. The second kappa shape index (κ2) is 5.62. The van der Waals surface area contributed by atoms with Crippen LogP contribution in [0.3, 0.4) is 0 Å². The van der Waals surface area contributed by atoms with Crippen LogP contribution in [-0.2, 0) is 4.79 Å². The molecule has 0 spiro atoms. The first kappa shape index (κ1) is 15.1. The van der Waals surface area contributed by atoms with E-state index in [2.05, 4.69) is 0 Å². The summed E-state index contributed by atoms with van der Waals surface area (Å²) in [5.41, 5.74) is 0. The Hall–Kier alpha value is -1.26.